The Bertz CT molecular complexity index is 677. The zero-order valence-electron chi connectivity index (χ0n) is 12.7. The number of nitrogens with one attached hydrogen (secondary N) is 1. The Labute approximate surface area is 129 Å². The van der Waals surface area contributed by atoms with Crippen LogP contribution >= 0.6 is 0 Å². The molecule has 0 radical (unpaired) electrons. The molecule has 0 aliphatic rings. The van der Waals surface area contributed by atoms with Gasteiger partial charge >= 0.3 is 5.97 Å². The fourth-order valence-corrected chi connectivity index (χ4v) is 2.42. The summed E-state index contributed by atoms with van der Waals surface area (Å²) in [7, 11) is 0. The normalized spacial score (nSPS) is 11.7. The Morgan fingerprint density at radius 1 is 1.09 bits per heavy atom. The Morgan fingerprint density at radius 2 is 1.77 bits per heavy atom. The van der Waals surface area contributed by atoms with Crippen LogP contribution in [0.1, 0.15) is 29.8 Å². The number of benzene rings is 2. The minimum atomic E-state index is -0.928. The molecule has 2 rings (SSSR count). The first-order chi connectivity index (χ1) is 10.5. The van der Waals surface area contributed by atoms with E-state index in [-0.39, 0.29) is 17.5 Å². The van der Waals surface area contributed by atoms with E-state index in [0.29, 0.717) is 0 Å². The molecule has 2 N–H and O–H groups in total. The molecular weight excluding hydrogens is 278 g/mol. The molecule has 0 saturated heterocycles. The monoisotopic (exact) mass is 297 g/mol. The zero-order valence-corrected chi connectivity index (χ0v) is 12.7. The fourth-order valence-electron chi connectivity index (χ4n) is 2.42. The van der Waals surface area contributed by atoms with Crippen LogP contribution in [-0.4, -0.2) is 23.0 Å². The van der Waals surface area contributed by atoms with Crippen molar-refractivity contribution in [3.8, 4) is 11.1 Å². The lowest BCUT2D eigenvalue weighted by molar-refractivity contribution is -0.119. The first-order valence-electron chi connectivity index (χ1n) is 7.15. The van der Waals surface area contributed by atoms with Gasteiger partial charge in [0.05, 0.1) is 5.56 Å². The van der Waals surface area contributed by atoms with Gasteiger partial charge in [-0.2, -0.15) is 0 Å². The Kier molecular flexibility index (Phi) is 4.94. The molecule has 1 unspecified atom stereocenters. The van der Waals surface area contributed by atoms with Crippen molar-refractivity contribution in [1.82, 2.24) is 5.32 Å². The zero-order chi connectivity index (χ0) is 16.1. The first kappa shape index (κ1) is 15.8. The number of carboxylic acid groups (broad SMARTS) is 1. The summed E-state index contributed by atoms with van der Waals surface area (Å²) in [6.45, 7) is 3.47. The number of amides is 1. The summed E-state index contributed by atoms with van der Waals surface area (Å²) in [4.78, 5) is 22.0. The van der Waals surface area contributed by atoms with Crippen molar-refractivity contribution < 1.29 is 14.7 Å². The van der Waals surface area contributed by atoms with Gasteiger partial charge < -0.3 is 10.4 Å². The van der Waals surface area contributed by atoms with Crippen LogP contribution < -0.4 is 5.32 Å². The predicted octanol–water partition coefficient (Wildman–Crippen LogP) is 3.12. The number of carbonyl (C=O) groups excluding carboxylic acids is 1. The van der Waals surface area contributed by atoms with Gasteiger partial charge in [-0.05, 0) is 42.2 Å². The van der Waals surface area contributed by atoms with Gasteiger partial charge in [-0.1, -0.05) is 36.4 Å². The van der Waals surface area contributed by atoms with Crippen LogP contribution in [0.2, 0.25) is 0 Å². The summed E-state index contributed by atoms with van der Waals surface area (Å²) in [5.41, 5.74) is 3.25. The predicted molar refractivity (Wildman–Crippen MR) is 85.8 cm³/mol. The van der Waals surface area contributed by atoms with E-state index in [9.17, 15) is 9.59 Å². The lowest BCUT2D eigenvalue weighted by atomic mass is 10.00. The van der Waals surface area contributed by atoms with Gasteiger partial charge in [0, 0.05) is 13.0 Å². The van der Waals surface area contributed by atoms with Crippen LogP contribution in [0.25, 0.3) is 11.1 Å². The molecule has 4 nitrogen and oxygen atoms in total. The van der Waals surface area contributed by atoms with Crippen LogP contribution in [0, 0.1) is 0 Å². The third kappa shape index (κ3) is 4.19. The highest BCUT2D eigenvalue weighted by atomic mass is 16.4. The van der Waals surface area contributed by atoms with Gasteiger partial charge in [-0.25, -0.2) is 4.79 Å². The smallest absolute Gasteiger partial charge is 0.335 e. The highest BCUT2D eigenvalue weighted by molar-refractivity contribution is 5.89. The van der Waals surface area contributed by atoms with Crippen molar-refractivity contribution >= 4 is 11.9 Å². The number of hydrogen-bond donors (Lipinski definition) is 2. The number of hydrogen-bond acceptors (Lipinski definition) is 2. The van der Waals surface area contributed by atoms with E-state index in [4.69, 9.17) is 5.11 Å². The Hall–Kier alpha value is -2.62. The summed E-state index contributed by atoms with van der Waals surface area (Å²) < 4.78 is 0. The van der Waals surface area contributed by atoms with Crippen LogP contribution in [0.3, 0.4) is 0 Å². The van der Waals surface area contributed by atoms with Gasteiger partial charge in [0.2, 0.25) is 5.91 Å². The highest BCUT2D eigenvalue weighted by Crippen LogP contribution is 2.21. The molecule has 1 atom stereocenters. The van der Waals surface area contributed by atoms with Gasteiger partial charge in [0.15, 0.2) is 0 Å². The standard InChI is InChI=1S/C18H19NO3/c1-12(19-13(2)20)10-14-6-8-15(9-7-14)16-4-3-5-17(11-16)18(21)22/h3-9,11-12H,10H2,1-2H3,(H,19,20)(H,21,22). The lowest BCUT2D eigenvalue weighted by Crippen LogP contribution is -2.31. The van der Waals surface area contributed by atoms with Gasteiger partial charge in [-0.3, -0.25) is 4.79 Å². The number of rotatable bonds is 5. The number of carboxylic acids is 1. The van der Waals surface area contributed by atoms with Crippen LogP contribution in [0.15, 0.2) is 48.5 Å². The molecule has 22 heavy (non-hydrogen) atoms. The summed E-state index contributed by atoms with van der Waals surface area (Å²) in [6.07, 6.45) is 0.759. The Balaban J connectivity index is 2.13. The molecule has 2 aromatic carbocycles. The average Bonchev–Trinajstić information content (AvgIpc) is 2.47. The van der Waals surface area contributed by atoms with Crippen molar-refractivity contribution in [3.63, 3.8) is 0 Å². The maximum Gasteiger partial charge on any atom is 0.335 e. The van der Waals surface area contributed by atoms with Gasteiger partial charge in [0.25, 0.3) is 0 Å². The quantitative estimate of drug-likeness (QED) is 0.891. The van der Waals surface area contributed by atoms with Crippen molar-refractivity contribution in [2.75, 3.05) is 0 Å². The molecule has 0 fully saturated rings. The van der Waals surface area contributed by atoms with Crippen LogP contribution in [-0.2, 0) is 11.2 Å². The highest BCUT2D eigenvalue weighted by Gasteiger charge is 2.07. The summed E-state index contributed by atoms with van der Waals surface area (Å²) in [6, 6.07) is 14.9. The molecule has 2 aromatic rings. The second-order valence-electron chi connectivity index (χ2n) is 5.39. The minimum absolute atomic E-state index is 0.0328. The van der Waals surface area contributed by atoms with Gasteiger partial charge in [-0.15, -0.1) is 0 Å². The maximum atomic E-state index is 11.0. The number of aromatic carboxylic acids is 1. The molecular formula is C18H19NO3. The van der Waals surface area contributed by atoms with E-state index in [1.807, 2.05) is 37.3 Å². The first-order valence-corrected chi connectivity index (χ1v) is 7.15. The van der Waals surface area contributed by atoms with E-state index < -0.39 is 5.97 Å². The lowest BCUT2D eigenvalue weighted by Gasteiger charge is -2.12. The van der Waals surface area contributed by atoms with Crippen LogP contribution in [0.5, 0.6) is 0 Å². The van der Waals surface area contributed by atoms with E-state index in [0.717, 1.165) is 23.1 Å². The third-order valence-corrected chi connectivity index (χ3v) is 3.39. The molecule has 0 spiro atoms. The minimum Gasteiger partial charge on any atom is -0.478 e. The SMILES string of the molecule is CC(=O)NC(C)Cc1ccc(-c2cccc(C(=O)O)c2)cc1. The molecule has 0 aliphatic carbocycles. The molecule has 114 valence electrons. The molecule has 4 heteroatoms. The van der Waals surface area contributed by atoms with E-state index in [1.54, 1.807) is 18.2 Å². The summed E-state index contributed by atoms with van der Waals surface area (Å²) in [5.74, 6) is -0.961. The van der Waals surface area contributed by atoms with Crippen molar-refractivity contribution in [2.45, 2.75) is 26.3 Å². The van der Waals surface area contributed by atoms with Gasteiger partial charge in [0.1, 0.15) is 0 Å². The number of carbonyl (C=O) groups is 2. The molecule has 0 aliphatic heterocycles. The van der Waals surface area contributed by atoms with Crippen molar-refractivity contribution in [2.24, 2.45) is 0 Å². The molecule has 0 aromatic heterocycles. The maximum absolute atomic E-state index is 11.0. The molecule has 0 heterocycles. The summed E-state index contributed by atoms with van der Waals surface area (Å²) >= 11 is 0. The molecule has 0 bridgehead atoms. The summed E-state index contributed by atoms with van der Waals surface area (Å²) in [5, 5.41) is 11.9. The van der Waals surface area contributed by atoms with Crippen LogP contribution in [0.4, 0.5) is 0 Å². The van der Waals surface area contributed by atoms with E-state index in [1.165, 1.54) is 6.92 Å². The largest absolute Gasteiger partial charge is 0.478 e. The topological polar surface area (TPSA) is 66.4 Å². The van der Waals surface area contributed by atoms with E-state index >= 15 is 0 Å². The average molecular weight is 297 g/mol. The van der Waals surface area contributed by atoms with Crippen molar-refractivity contribution in [1.29, 1.82) is 0 Å². The molecule has 0 saturated carbocycles. The van der Waals surface area contributed by atoms with Crippen molar-refractivity contribution in [3.05, 3.63) is 59.7 Å². The second-order valence-corrected chi connectivity index (χ2v) is 5.39. The third-order valence-electron chi connectivity index (χ3n) is 3.39. The fraction of sp³-hybridized carbons (Fsp3) is 0.222. The Morgan fingerprint density at radius 3 is 2.36 bits per heavy atom. The van der Waals surface area contributed by atoms with E-state index in [2.05, 4.69) is 5.32 Å². The second kappa shape index (κ2) is 6.89. The molecule has 1 amide bonds.